The SMILES string of the molecule is Cc1cccc(-c2nnc([C@H](C)[NH+](C)CCOc3ccc(Cl)cc3)o2)c1. The summed E-state index contributed by atoms with van der Waals surface area (Å²) in [4.78, 5) is 1.23. The summed E-state index contributed by atoms with van der Waals surface area (Å²) < 4.78 is 11.6. The van der Waals surface area contributed by atoms with Crippen LogP contribution in [-0.4, -0.2) is 30.4 Å². The van der Waals surface area contributed by atoms with E-state index >= 15 is 0 Å². The first-order valence-electron chi connectivity index (χ1n) is 8.64. The Bertz CT molecular complexity index is 848. The van der Waals surface area contributed by atoms with Gasteiger partial charge in [0, 0.05) is 10.6 Å². The van der Waals surface area contributed by atoms with Gasteiger partial charge in [-0.25, -0.2) is 0 Å². The smallest absolute Gasteiger partial charge is 0.274 e. The first-order valence-corrected chi connectivity index (χ1v) is 9.02. The molecule has 2 aromatic carbocycles. The summed E-state index contributed by atoms with van der Waals surface area (Å²) in [5.41, 5.74) is 2.11. The summed E-state index contributed by atoms with van der Waals surface area (Å²) in [6, 6.07) is 15.5. The largest absolute Gasteiger partial charge is 0.488 e. The van der Waals surface area contributed by atoms with Crippen LogP contribution in [0.2, 0.25) is 5.02 Å². The Labute approximate surface area is 158 Å². The molecule has 1 heterocycles. The van der Waals surface area contributed by atoms with Crippen LogP contribution in [-0.2, 0) is 0 Å². The molecule has 0 saturated carbocycles. The molecule has 1 unspecified atom stereocenters. The van der Waals surface area contributed by atoms with E-state index in [-0.39, 0.29) is 6.04 Å². The van der Waals surface area contributed by atoms with E-state index in [1.54, 1.807) is 0 Å². The zero-order valence-corrected chi connectivity index (χ0v) is 16.0. The monoisotopic (exact) mass is 372 g/mol. The molecule has 5 nitrogen and oxygen atoms in total. The number of hydrogen-bond acceptors (Lipinski definition) is 4. The first kappa shape index (κ1) is 18.4. The van der Waals surface area contributed by atoms with Crippen molar-refractivity contribution in [3.05, 3.63) is 65.0 Å². The number of ether oxygens (including phenoxy) is 1. The van der Waals surface area contributed by atoms with Gasteiger partial charge in [-0.1, -0.05) is 29.3 Å². The standard InChI is InChI=1S/C20H22ClN3O2/c1-14-5-4-6-16(13-14)20-23-22-19(26-20)15(2)24(3)11-12-25-18-9-7-17(21)8-10-18/h4-10,13,15H,11-12H2,1-3H3/p+1/t15-/m0/s1. The third kappa shape index (κ3) is 4.62. The van der Waals surface area contributed by atoms with Gasteiger partial charge in [-0.3, -0.25) is 0 Å². The maximum Gasteiger partial charge on any atom is 0.274 e. The van der Waals surface area contributed by atoms with Crippen LogP contribution in [0.25, 0.3) is 11.5 Å². The molecule has 0 aliphatic carbocycles. The van der Waals surface area contributed by atoms with Crippen molar-refractivity contribution in [1.29, 1.82) is 0 Å². The van der Waals surface area contributed by atoms with Gasteiger partial charge in [-0.2, -0.15) is 0 Å². The third-order valence-corrected chi connectivity index (χ3v) is 4.65. The molecule has 26 heavy (non-hydrogen) atoms. The van der Waals surface area contributed by atoms with Gasteiger partial charge in [0.2, 0.25) is 5.89 Å². The van der Waals surface area contributed by atoms with Crippen molar-refractivity contribution >= 4 is 11.6 Å². The Kier molecular flexibility index (Phi) is 5.91. The lowest BCUT2D eigenvalue weighted by molar-refractivity contribution is -0.911. The van der Waals surface area contributed by atoms with E-state index in [1.165, 1.54) is 4.90 Å². The molecule has 136 valence electrons. The zero-order valence-electron chi connectivity index (χ0n) is 15.2. The fourth-order valence-corrected chi connectivity index (χ4v) is 2.72. The Morgan fingerprint density at radius 3 is 2.65 bits per heavy atom. The average molecular weight is 373 g/mol. The van der Waals surface area contributed by atoms with Gasteiger partial charge in [-0.05, 0) is 50.2 Å². The number of aromatic nitrogens is 2. The molecule has 0 spiro atoms. The number of rotatable bonds is 7. The molecule has 1 aromatic heterocycles. The maximum atomic E-state index is 5.89. The Morgan fingerprint density at radius 2 is 1.92 bits per heavy atom. The molecule has 0 saturated heterocycles. The van der Waals surface area contributed by atoms with E-state index in [1.807, 2.05) is 55.5 Å². The normalized spacial score (nSPS) is 13.4. The van der Waals surface area contributed by atoms with Crippen molar-refractivity contribution in [1.82, 2.24) is 10.2 Å². The summed E-state index contributed by atoms with van der Waals surface area (Å²) >= 11 is 5.88. The molecule has 0 aliphatic heterocycles. The van der Waals surface area contributed by atoms with Gasteiger partial charge < -0.3 is 14.1 Å². The highest BCUT2D eigenvalue weighted by Crippen LogP contribution is 2.20. The van der Waals surface area contributed by atoms with Crippen molar-refractivity contribution < 1.29 is 14.1 Å². The molecule has 0 radical (unpaired) electrons. The van der Waals surface area contributed by atoms with Gasteiger partial charge in [0.15, 0.2) is 6.04 Å². The summed E-state index contributed by atoms with van der Waals surface area (Å²) in [6.45, 7) is 5.52. The Hall–Kier alpha value is -2.37. The van der Waals surface area contributed by atoms with Crippen molar-refractivity contribution in [3.63, 3.8) is 0 Å². The number of likely N-dealkylation sites (N-methyl/N-ethyl adjacent to an activating group) is 1. The molecule has 3 aromatic rings. The summed E-state index contributed by atoms with van der Waals surface area (Å²) in [5, 5.41) is 9.12. The number of hydrogen-bond donors (Lipinski definition) is 1. The minimum absolute atomic E-state index is 0.0786. The maximum absolute atomic E-state index is 5.89. The lowest BCUT2D eigenvalue weighted by Gasteiger charge is -2.18. The minimum Gasteiger partial charge on any atom is -0.488 e. The minimum atomic E-state index is 0.0786. The summed E-state index contributed by atoms with van der Waals surface area (Å²) in [5.74, 6) is 2.00. The van der Waals surface area contributed by atoms with Crippen molar-refractivity contribution in [2.24, 2.45) is 0 Å². The van der Waals surface area contributed by atoms with E-state index in [2.05, 4.69) is 24.2 Å². The van der Waals surface area contributed by atoms with Crippen LogP contribution in [0.1, 0.15) is 24.4 Å². The highest BCUT2D eigenvalue weighted by molar-refractivity contribution is 6.30. The number of quaternary nitrogens is 1. The second-order valence-electron chi connectivity index (χ2n) is 6.44. The quantitative estimate of drug-likeness (QED) is 0.691. The molecule has 1 N–H and O–H groups in total. The van der Waals surface area contributed by atoms with Crippen LogP contribution in [0.3, 0.4) is 0 Å². The lowest BCUT2D eigenvalue weighted by atomic mass is 10.1. The Balaban J connectivity index is 1.56. The van der Waals surface area contributed by atoms with Crippen molar-refractivity contribution in [2.45, 2.75) is 19.9 Å². The van der Waals surface area contributed by atoms with Crippen LogP contribution >= 0.6 is 11.6 Å². The van der Waals surface area contributed by atoms with Gasteiger partial charge in [0.25, 0.3) is 5.89 Å². The number of aryl methyl sites for hydroxylation is 1. The first-order chi connectivity index (χ1) is 12.5. The molecule has 2 atom stereocenters. The topological polar surface area (TPSA) is 52.6 Å². The Morgan fingerprint density at radius 1 is 1.15 bits per heavy atom. The van der Waals surface area contributed by atoms with Crippen LogP contribution in [0.5, 0.6) is 5.75 Å². The van der Waals surface area contributed by atoms with Crippen molar-refractivity contribution in [2.75, 3.05) is 20.2 Å². The highest BCUT2D eigenvalue weighted by atomic mass is 35.5. The predicted molar refractivity (Wildman–Crippen MR) is 102 cm³/mol. The second kappa shape index (κ2) is 8.34. The lowest BCUT2D eigenvalue weighted by Crippen LogP contribution is -3.09. The fourth-order valence-electron chi connectivity index (χ4n) is 2.59. The second-order valence-corrected chi connectivity index (χ2v) is 6.87. The van der Waals surface area contributed by atoms with E-state index in [9.17, 15) is 0 Å². The molecule has 0 amide bonds. The van der Waals surface area contributed by atoms with Gasteiger partial charge in [0.05, 0.1) is 7.05 Å². The molecule has 3 rings (SSSR count). The molecular weight excluding hydrogens is 350 g/mol. The molecule has 0 bridgehead atoms. The number of nitrogens with zero attached hydrogens (tertiary/aromatic N) is 2. The van der Waals surface area contributed by atoms with Crippen LogP contribution in [0.15, 0.2) is 52.9 Å². The van der Waals surface area contributed by atoms with Gasteiger partial charge in [0.1, 0.15) is 18.9 Å². The van der Waals surface area contributed by atoms with Crippen LogP contribution in [0, 0.1) is 6.92 Å². The van der Waals surface area contributed by atoms with Crippen LogP contribution < -0.4 is 9.64 Å². The number of nitrogens with one attached hydrogen (secondary N) is 1. The van der Waals surface area contributed by atoms with Gasteiger partial charge >= 0.3 is 0 Å². The zero-order chi connectivity index (χ0) is 18.5. The average Bonchev–Trinajstić information content (AvgIpc) is 3.13. The van der Waals surface area contributed by atoms with Crippen LogP contribution in [0.4, 0.5) is 0 Å². The van der Waals surface area contributed by atoms with Gasteiger partial charge in [-0.15, -0.1) is 10.2 Å². The number of benzene rings is 2. The predicted octanol–water partition coefficient (Wildman–Crippen LogP) is 3.35. The summed E-state index contributed by atoms with van der Waals surface area (Å²) in [7, 11) is 2.09. The van der Waals surface area contributed by atoms with E-state index in [0.29, 0.717) is 23.4 Å². The third-order valence-electron chi connectivity index (χ3n) is 4.39. The molecule has 0 fully saturated rings. The van der Waals surface area contributed by atoms with Crippen molar-refractivity contribution in [3.8, 4) is 17.2 Å². The molecule has 6 heteroatoms. The number of halogens is 1. The van der Waals surface area contributed by atoms with E-state index < -0.39 is 0 Å². The highest BCUT2D eigenvalue weighted by Gasteiger charge is 2.22. The molecule has 0 aliphatic rings. The van der Waals surface area contributed by atoms with E-state index in [0.717, 1.165) is 23.4 Å². The summed E-state index contributed by atoms with van der Waals surface area (Å²) in [6.07, 6.45) is 0. The molecular formula is C20H23ClN3O2+. The van der Waals surface area contributed by atoms with E-state index in [4.69, 9.17) is 20.8 Å². The fraction of sp³-hybridized carbons (Fsp3) is 0.300.